The van der Waals surface area contributed by atoms with E-state index in [-0.39, 0.29) is 5.82 Å². The van der Waals surface area contributed by atoms with E-state index in [0.717, 1.165) is 10.6 Å². The summed E-state index contributed by atoms with van der Waals surface area (Å²) in [6.45, 7) is 0. The second-order valence-corrected chi connectivity index (χ2v) is 5.24. The number of benzene rings is 1. The number of aromatic nitrogens is 1. The summed E-state index contributed by atoms with van der Waals surface area (Å²) in [5.41, 5.74) is 6.55. The maximum absolute atomic E-state index is 6.05. The highest BCUT2D eigenvalue weighted by atomic mass is 35.5. The van der Waals surface area contributed by atoms with E-state index in [1.54, 1.807) is 17.8 Å². The lowest BCUT2D eigenvalue weighted by Crippen LogP contribution is -1.99. The normalized spacial score (nSPS) is 10.4. The predicted molar refractivity (Wildman–Crippen MR) is 80.2 cm³/mol. The smallest absolute Gasteiger partial charge is 0.151 e. The highest BCUT2D eigenvalue weighted by molar-refractivity contribution is 7.98. The average Bonchev–Trinajstić information content (AvgIpc) is 2.36. The topological polar surface area (TPSA) is 50.9 Å². The van der Waals surface area contributed by atoms with E-state index in [0.29, 0.717) is 15.9 Å². The largest absolute Gasteiger partial charge is 0.382 e. The molecule has 0 amide bonds. The Morgan fingerprint density at radius 3 is 2.72 bits per heavy atom. The van der Waals surface area contributed by atoms with Crippen molar-refractivity contribution in [2.75, 3.05) is 17.3 Å². The number of hydrogen-bond donors (Lipinski definition) is 2. The predicted octanol–water partition coefficient (Wildman–Crippen LogP) is 4.44. The first kappa shape index (κ1) is 13.3. The average molecular weight is 300 g/mol. The van der Waals surface area contributed by atoms with Crippen LogP contribution in [0.5, 0.6) is 0 Å². The number of nitrogens with two attached hydrogens (primary N) is 1. The van der Waals surface area contributed by atoms with Crippen LogP contribution in [-0.2, 0) is 0 Å². The maximum Gasteiger partial charge on any atom is 0.151 e. The summed E-state index contributed by atoms with van der Waals surface area (Å²) in [7, 11) is 0. The fraction of sp³-hybridized carbons (Fsp3) is 0.0833. The van der Waals surface area contributed by atoms with Gasteiger partial charge in [-0.2, -0.15) is 0 Å². The highest BCUT2D eigenvalue weighted by Crippen LogP contribution is 2.30. The first-order valence-electron chi connectivity index (χ1n) is 5.12. The molecule has 18 heavy (non-hydrogen) atoms. The second kappa shape index (κ2) is 5.69. The number of hydrogen-bond acceptors (Lipinski definition) is 4. The van der Waals surface area contributed by atoms with Crippen molar-refractivity contribution in [2.24, 2.45) is 0 Å². The molecular weight excluding hydrogens is 289 g/mol. The summed E-state index contributed by atoms with van der Waals surface area (Å²) in [6, 6.07) is 9.50. The van der Waals surface area contributed by atoms with Gasteiger partial charge in [-0.15, -0.1) is 11.8 Å². The lowest BCUT2D eigenvalue weighted by Gasteiger charge is -2.09. The van der Waals surface area contributed by atoms with Gasteiger partial charge in [0.25, 0.3) is 0 Å². The molecule has 1 aromatic heterocycles. The Labute approximate surface area is 120 Å². The van der Waals surface area contributed by atoms with Gasteiger partial charge in [-0.25, -0.2) is 4.98 Å². The first-order chi connectivity index (χ1) is 8.60. The molecule has 0 saturated heterocycles. The third-order valence-electron chi connectivity index (χ3n) is 2.29. The van der Waals surface area contributed by atoms with Gasteiger partial charge in [-0.3, -0.25) is 0 Å². The Hall–Kier alpha value is -1.10. The molecule has 1 heterocycles. The number of halogens is 2. The van der Waals surface area contributed by atoms with Crippen LogP contribution in [0.25, 0.3) is 0 Å². The van der Waals surface area contributed by atoms with Gasteiger partial charge in [0.15, 0.2) is 5.82 Å². The van der Waals surface area contributed by atoms with Crippen LogP contribution in [-0.4, -0.2) is 11.2 Å². The van der Waals surface area contributed by atoms with E-state index < -0.39 is 0 Å². The SMILES string of the molecule is CSc1cccc(Nc2nc(N)c(Cl)cc2Cl)c1. The van der Waals surface area contributed by atoms with Crippen molar-refractivity contribution in [3.05, 3.63) is 40.4 Å². The van der Waals surface area contributed by atoms with Gasteiger partial charge in [0.1, 0.15) is 5.82 Å². The van der Waals surface area contributed by atoms with Crippen molar-refractivity contribution in [2.45, 2.75) is 4.90 Å². The van der Waals surface area contributed by atoms with Crippen molar-refractivity contribution >= 4 is 52.3 Å². The van der Waals surface area contributed by atoms with Crippen LogP contribution in [0, 0.1) is 0 Å². The Kier molecular flexibility index (Phi) is 4.22. The highest BCUT2D eigenvalue weighted by Gasteiger charge is 2.07. The summed E-state index contributed by atoms with van der Waals surface area (Å²) in [6.07, 6.45) is 2.02. The molecule has 0 aliphatic carbocycles. The fourth-order valence-electron chi connectivity index (χ4n) is 1.41. The Bertz CT molecular complexity index is 575. The molecule has 2 aromatic rings. The van der Waals surface area contributed by atoms with Crippen molar-refractivity contribution in [3.63, 3.8) is 0 Å². The maximum atomic E-state index is 6.05. The lowest BCUT2D eigenvalue weighted by molar-refractivity contribution is 1.31. The van der Waals surface area contributed by atoms with E-state index >= 15 is 0 Å². The third kappa shape index (κ3) is 3.02. The summed E-state index contributed by atoms with van der Waals surface area (Å²) < 4.78 is 0. The molecule has 1 aromatic carbocycles. The van der Waals surface area contributed by atoms with Gasteiger partial charge in [0, 0.05) is 10.6 Å². The van der Waals surface area contributed by atoms with Crippen molar-refractivity contribution in [1.29, 1.82) is 0 Å². The molecule has 0 atom stereocenters. The van der Waals surface area contributed by atoms with Gasteiger partial charge < -0.3 is 11.1 Å². The molecule has 3 nitrogen and oxygen atoms in total. The number of anilines is 3. The van der Waals surface area contributed by atoms with Crippen LogP contribution in [0.2, 0.25) is 10.0 Å². The van der Waals surface area contributed by atoms with Gasteiger partial charge in [0.05, 0.1) is 10.0 Å². The molecule has 0 fully saturated rings. The summed E-state index contributed by atoms with van der Waals surface area (Å²) in [4.78, 5) is 5.27. The number of nitrogens with one attached hydrogen (secondary N) is 1. The van der Waals surface area contributed by atoms with E-state index in [4.69, 9.17) is 28.9 Å². The standard InChI is InChI=1S/C12H11Cl2N3S/c1-18-8-4-2-3-7(5-8)16-12-10(14)6-9(13)11(15)17-12/h2-6H,1H3,(H3,15,16,17). The van der Waals surface area contributed by atoms with E-state index in [2.05, 4.69) is 10.3 Å². The quantitative estimate of drug-likeness (QED) is 0.823. The van der Waals surface area contributed by atoms with Crippen molar-refractivity contribution in [3.8, 4) is 0 Å². The van der Waals surface area contributed by atoms with Crippen LogP contribution in [0.4, 0.5) is 17.3 Å². The minimum Gasteiger partial charge on any atom is -0.382 e. The minimum atomic E-state index is 0.254. The van der Waals surface area contributed by atoms with Gasteiger partial charge in [-0.05, 0) is 30.5 Å². The molecule has 2 rings (SSSR count). The molecule has 0 unspecified atom stereocenters. The van der Waals surface area contributed by atoms with Gasteiger partial charge in [0.2, 0.25) is 0 Å². The molecular formula is C12H11Cl2N3S. The van der Waals surface area contributed by atoms with Crippen LogP contribution in [0.15, 0.2) is 35.2 Å². The van der Waals surface area contributed by atoms with Crippen molar-refractivity contribution in [1.82, 2.24) is 4.98 Å². The number of pyridine rings is 1. The number of nitrogens with zero attached hydrogens (tertiary/aromatic N) is 1. The van der Waals surface area contributed by atoms with Crippen molar-refractivity contribution < 1.29 is 0 Å². The lowest BCUT2D eigenvalue weighted by atomic mass is 10.3. The summed E-state index contributed by atoms with van der Waals surface area (Å²) in [5.74, 6) is 0.751. The van der Waals surface area contributed by atoms with Crippen LogP contribution >= 0.6 is 35.0 Å². The molecule has 94 valence electrons. The zero-order chi connectivity index (χ0) is 13.1. The van der Waals surface area contributed by atoms with Crippen LogP contribution in [0.1, 0.15) is 0 Å². The summed E-state index contributed by atoms with van der Waals surface area (Å²) >= 11 is 13.6. The number of nitrogen functional groups attached to an aromatic ring is 1. The number of rotatable bonds is 3. The Morgan fingerprint density at radius 1 is 1.22 bits per heavy atom. The minimum absolute atomic E-state index is 0.254. The molecule has 6 heteroatoms. The molecule has 0 aliphatic rings. The van der Waals surface area contributed by atoms with E-state index in [9.17, 15) is 0 Å². The molecule has 0 saturated carbocycles. The monoisotopic (exact) mass is 299 g/mol. The zero-order valence-electron chi connectivity index (χ0n) is 9.58. The first-order valence-corrected chi connectivity index (χ1v) is 7.11. The van der Waals surface area contributed by atoms with Crippen LogP contribution in [0.3, 0.4) is 0 Å². The summed E-state index contributed by atoms with van der Waals surface area (Å²) in [5, 5.41) is 3.90. The van der Waals surface area contributed by atoms with Crippen LogP contribution < -0.4 is 11.1 Å². The Balaban J connectivity index is 2.30. The van der Waals surface area contributed by atoms with Gasteiger partial charge in [-0.1, -0.05) is 29.3 Å². The fourth-order valence-corrected chi connectivity index (χ4v) is 2.27. The second-order valence-electron chi connectivity index (χ2n) is 3.54. The molecule has 3 N–H and O–H groups in total. The number of thioether (sulfide) groups is 1. The van der Waals surface area contributed by atoms with E-state index in [1.165, 1.54) is 0 Å². The molecule has 0 radical (unpaired) electrons. The third-order valence-corrected chi connectivity index (χ3v) is 3.61. The van der Waals surface area contributed by atoms with E-state index in [1.807, 2.05) is 30.5 Å². The Morgan fingerprint density at radius 2 is 2.00 bits per heavy atom. The molecule has 0 bridgehead atoms. The zero-order valence-corrected chi connectivity index (χ0v) is 11.9. The van der Waals surface area contributed by atoms with Gasteiger partial charge >= 0.3 is 0 Å². The molecule has 0 aliphatic heterocycles. The molecule has 0 spiro atoms.